The minimum absolute atomic E-state index is 0.159. The van der Waals surface area contributed by atoms with Crippen LogP contribution in [-0.4, -0.2) is 21.4 Å². The van der Waals surface area contributed by atoms with E-state index in [1.54, 1.807) is 36.4 Å². The Bertz CT molecular complexity index is 880. The molecule has 1 heterocycles. The Kier molecular flexibility index (Phi) is 3.16. The third-order valence-electron chi connectivity index (χ3n) is 3.14. The van der Waals surface area contributed by atoms with Gasteiger partial charge in [-0.2, -0.15) is 0 Å². The Morgan fingerprint density at radius 3 is 2.33 bits per heavy atom. The van der Waals surface area contributed by atoms with E-state index in [0.717, 1.165) is 0 Å². The number of phenolic OH excluding ortho intramolecular Hbond substituents is 1. The SMILES string of the molecule is O=c1[nH]c(O)c(C=Nc2ccc(O)cc2)c2ccccc12. The Hall–Kier alpha value is -3.08. The average Bonchev–Trinajstić information content (AvgIpc) is 2.49. The van der Waals surface area contributed by atoms with Gasteiger partial charge in [-0.1, -0.05) is 18.2 Å². The number of pyridine rings is 1. The van der Waals surface area contributed by atoms with Crippen molar-refractivity contribution in [1.29, 1.82) is 0 Å². The minimum atomic E-state index is -0.343. The molecular weight excluding hydrogens is 268 g/mol. The average molecular weight is 280 g/mol. The monoisotopic (exact) mass is 280 g/mol. The van der Waals surface area contributed by atoms with Crippen LogP contribution in [0.4, 0.5) is 5.69 Å². The number of nitrogens with one attached hydrogen (secondary N) is 1. The van der Waals surface area contributed by atoms with Gasteiger partial charge in [0.1, 0.15) is 5.75 Å². The van der Waals surface area contributed by atoms with Crippen LogP contribution >= 0.6 is 0 Å². The summed E-state index contributed by atoms with van der Waals surface area (Å²) in [6.07, 6.45) is 1.49. The van der Waals surface area contributed by atoms with E-state index >= 15 is 0 Å². The molecule has 3 rings (SSSR count). The normalized spacial score (nSPS) is 11.2. The topological polar surface area (TPSA) is 85.7 Å². The lowest BCUT2D eigenvalue weighted by Crippen LogP contribution is -2.07. The summed E-state index contributed by atoms with van der Waals surface area (Å²) in [6.45, 7) is 0. The highest BCUT2D eigenvalue weighted by Gasteiger charge is 2.08. The predicted molar refractivity (Wildman–Crippen MR) is 81.6 cm³/mol. The fraction of sp³-hybridized carbons (Fsp3) is 0. The second-order valence-corrected chi connectivity index (χ2v) is 4.54. The van der Waals surface area contributed by atoms with E-state index in [0.29, 0.717) is 22.0 Å². The summed E-state index contributed by atoms with van der Waals surface area (Å²) in [5.41, 5.74) is 0.727. The molecule has 1 aromatic heterocycles. The molecule has 5 nitrogen and oxygen atoms in total. The third kappa shape index (κ3) is 2.49. The fourth-order valence-electron chi connectivity index (χ4n) is 2.09. The molecule has 0 unspecified atom stereocenters. The number of aliphatic imine (C=N–C) groups is 1. The van der Waals surface area contributed by atoms with Crippen LogP contribution in [0.5, 0.6) is 11.6 Å². The molecule has 0 amide bonds. The minimum Gasteiger partial charge on any atom is -0.508 e. The highest BCUT2D eigenvalue weighted by Crippen LogP contribution is 2.22. The molecule has 0 aliphatic heterocycles. The third-order valence-corrected chi connectivity index (χ3v) is 3.14. The van der Waals surface area contributed by atoms with E-state index in [1.165, 1.54) is 18.3 Å². The zero-order valence-electron chi connectivity index (χ0n) is 10.9. The first kappa shape index (κ1) is 12.9. The highest BCUT2D eigenvalue weighted by molar-refractivity contribution is 6.01. The lowest BCUT2D eigenvalue weighted by Gasteiger charge is -2.04. The maximum absolute atomic E-state index is 11.8. The van der Waals surface area contributed by atoms with Crippen LogP contribution in [0.25, 0.3) is 10.8 Å². The molecule has 0 aliphatic carbocycles. The Labute approximate surface area is 119 Å². The number of hydrogen-bond acceptors (Lipinski definition) is 4. The summed E-state index contributed by atoms with van der Waals surface area (Å²) in [7, 11) is 0. The number of hydrogen-bond donors (Lipinski definition) is 3. The van der Waals surface area contributed by atoms with Crippen molar-refractivity contribution in [3.05, 3.63) is 64.4 Å². The van der Waals surface area contributed by atoms with Gasteiger partial charge >= 0.3 is 0 Å². The second-order valence-electron chi connectivity index (χ2n) is 4.54. The Morgan fingerprint density at radius 1 is 0.952 bits per heavy atom. The number of aromatic nitrogens is 1. The number of aromatic amines is 1. The van der Waals surface area contributed by atoms with Crippen molar-refractivity contribution in [2.24, 2.45) is 4.99 Å². The molecule has 0 spiro atoms. The van der Waals surface area contributed by atoms with Gasteiger partial charge in [0.25, 0.3) is 5.56 Å². The molecular formula is C16H12N2O3. The number of benzene rings is 2. The van der Waals surface area contributed by atoms with Gasteiger partial charge in [-0.3, -0.25) is 14.8 Å². The molecule has 5 heteroatoms. The van der Waals surface area contributed by atoms with Gasteiger partial charge in [-0.15, -0.1) is 0 Å². The van der Waals surface area contributed by atoms with Gasteiger partial charge in [-0.25, -0.2) is 0 Å². The van der Waals surface area contributed by atoms with Crippen LogP contribution < -0.4 is 5.56 Å². The number of aromatic hydroxyl groups is 2. The maximum Gasteiger partial charge on any atom is 0.258 e. The molecule has 104 valence electrons. The van der Waals surface area contributed by atoms with E-state index in [1.807, 2.05) is 0 Å². The van der Waals surface area contributed by atoms with Gasteiger partial charge in [0, 0.05) is 17.0 Å². The Morgan fingerprint density at radius 2 is 1.62 bits per heavy atom. The van der Waals surface area contributed by atoms with Crippen molar-refractivity contribution in [2.45, 2.75) is 0 Å². The summed E-state index contributed by atoms with van der Waals surface area (Å²) in [6, 6.07) is 13.3. The summed E-state index contributed by atoms with van der Waals surface area (Å²) in [5, 5.41) is 20.3. The van der Waals surface area contributed by atoms with Gasteiger partial charge < -0.3 is 10.2 Å². The van der Waals surface area contributed by atoms with Crippen LogP contribution in [0.15, 0.2) is 58.3 Å². The first-order valence-electron chi connectivity index (χ1n) is 6.32. The fourth-order valence-corrected chi connectivity index (χ4v) is 2.09. The largest absolute Gasteiger partial charge is 0.508 e. The summed E-state index contributed by atoms with van der Waals surface area (Å²) in [4.78, 5) is 18.4. The van der Waals surface area contributed by atoms with Crippen molar-refractivity contribution in [1.82, 2.24) is 4.98 Å². The zero-order chi connectivity index (χ0) is 14.8. The molecule has 0 bridgehead atoms. The van der Waals surface area contributed by atoms with E-state index in [4.69, 9.17) is 0 Å². The number of H-pyrrole nitrogens is 1. The van der Waals surface area contributed by atoms with E-state index in [9.17, 15) is 15.0 Å². The van der Waals surface area contributed by atoms with Crippen LogP contribution in [-0.2, 0) is 0 Å². The number of rotatable bonds is 2. The lowest BCUT2D eigenvalue weighted by atomic mass is 10.1. The smallest absolute Gasteiger partial charge is 0.258 e. The Balaban J connectivity index is 2.12. The number of phenols is 1. The first-order valence-corrected chi connectivity index (χ1v) is 6.32. The number of nitrogens with zero attached hydrogens (tertiary/aromatic N) is 1. The van der Waals surface area contributed by atoms with E-state index in [2.05, 4.69) is 9.98 Å². The maximum atomic E-state index is 11.8. The van der Waals surface area contributed by atoms with E-state index < -0.39 is 0 Å². The standard InChI is InChI=1S/C16H12N2O3/c19-11-7-5-10(6-8-11)17-9-14-12-3-1-2-4-13(12)15(20)18-16(14)21/h1-9,19H,(H2,18,20,21). The predicted octanol–water partition coefficient (Wildman–Crippen LogP) is 2.69. The molecule has 21 heavy (non-hydrogen) atoms. The molecule has 3 N–H and O–H groups in total. The van der Waals surface area contributed by atoms with Crippen molar-refractivity contribution in [3.63, 3.8) is 0 Å². The van der Waals surface area contributed by atoms with Crippen LogP contribution in [0.1, 0.15) is 5.56 Å². The molecule has 2 aromatic carbocycles. The molecule has 0 radical (unpaired) electrons. The molecule has 0 saturated carbocycles. The van der Waals surface area contributed by atoms with Gasteiger partial charge in [0.15, 0.2) is 0 Å². The quantitative estimate of drug-likeness (QED) is 0.631. The van der Waals surface area contributed by atoms with Crippen molar-refractivity contribution in [2.75, 3.05) is 0 Å². The van der Waals surface area contributed by atoms with Gasteiger partial charge in [0.05, 0.1) is 11.3 Å². The highest BCUT2D eigenvalue weighted by atomic mass is 16.3. The number of fused-ring (bicyclic) bond motifs is 1. The van der Waals surface area contributed by atoms with E-state index in [-0.39, 0.29) is 17.2 Å². The molecule has 0 atom stereocenters. The van der Waals surface area contributed by atoms with Crippen molar-refractivity contribution >= 4 is 22.7 Å². The van der Waals surface area contributed by atoms with Crippen LogP contribution in [0.2, 0.25) is 0 Å². The molecule has 3 aromatic rings. The van der Waals surface area contributed by atoms with Crippen LogP contribution in [0, 0.1) is 0 Å². The van der Waals surface area contributed by atoms with Crippen molar-refractivity contribution < 1.29 is 10.2 Å². The molecule has 0 saturated heterocycles. The lowest BCUT2D eigenvalue weighted by molar-refractivity contribution is 0.452. The zero-order valence-corrected chi connectivity index (χ0v) is 10.9. The van der Waals surface area contributed by atoms with Gasteiger partial charge in [-0.05, 0) is 30.3 Å². The summed E-state index contributed by atoms with van der Waals surface area (Å²) < 4.78 is 0. The molecule has 0 aliphatic rings. The second kappa shape index (κ2) is 5.13. The molecule has 0 fully saturated rings. The first-order chi connectivity index (χ1) is 10.1. The van der Waals surface area contributed by atoms with Gasteiger partial charge in [0.2, 0.25) is 5.88 Å². The summed E-state index contributed by atoms with van der Waals surface area (Å²) >= 11 is 0. The van der Waals surface area contributed by atoms with Crippen molar-refractivity contribution in [3.8, 4) is 11.6 Å². The summed E-state index contributed by atoms with van der Waals surface area (Å²) in [5.74, 6) is -0.0625. The van der Waals surface area contributed by atoms with Crippen LogP contribution in [0.3, 0.4) is 0 Å².